The maximum atomic E-state index is 12.1. The number of Topliss-reactive ketones (excluding diaryl/α,β-unsaturated/α-hetero) is 1. The predicted molar refractivity (Wildman–Crippen MR) is 127 cm³/mol. The molecule has 0 amide bonds. The third-order valence-electron chi connectivity index (χ3n) is 5.67. The molecule has 1 aromatic rings. The lowest BCUT2D eigenvalue weighted by Crippen LogP contribution is -2.39. The number of hydrogen-bond donors (Lipinski definition) is 2. The summed E-state index contributed by atoms with van der Waals surface area (Å²) in [5.41, 5.74) is 1.05. The molecule has 0 aromatic heterocycles. The SMILES string of the molecule is CC[N+](C)(C)CCCCCCCCCCCSCC(=O)c1ccc(B(O)O)cc1. The second kappa shape index (κ2) is 15.1. The van der Waals surface area contributed by atoms with Gasteiger partial charge in [0.25, 0.3) is 0 Å². The molecule has 0 saturated carbocycles. The molecule has 0 fully saturated rings. The molecule has 0 unspecified atom stereocenters. The highest BCUT2D eigenvalue weighted by Gasteiger charge is 2.12. The van der Waals surface area contributed by atoms with E-state index in [1.165, 1.54) is 70.9 Å². The lowest BCUT2D eigenvalue weighted by atomic mass is 9.80. The zero-order valence-corrected chi connectivity index (χ0v) is 19.6. The van der Waals surface area contributed by atoms with Crippen molar-refractivity contribution in [3.8, 4) is 0 Å². The topological polar surface area (TPSA) is 57.5 Å². The minimum atomic E-state index is -1.48. The van der Waals surface area contributed by atoms with Gasteiger partial charge >= 0.3 is 7.12 Å². The molecule has 29 heavy (non-hydrogen) atoms. The molecule has 1 aromatic carbocycles. The number of hydrogen-bond acceptors (Lipinski definition) is 4. The first kappa shape index (κ1) is 26.2. The Kier molecular flexibility index (Phi) is 13.6. The smallest absolute Gasteiger partial charge is 0.423 e. The highest BCUT2D eigenvalue weighted by atomic mass is 32.2. The Bertz CT molecular complexity index is 564. The van der Waals surface area contributed by atoms with E-state index in [2.05, 4.69) is 21.0 Å². The summed E-state index contributed by atoms with van der Waals surface area (Å²) >= 11 is 1.70. The van der Waals surface area contributed by atoms with E-state index < -0.39 is 7.12 Å². The Hall–Kier alpha value is -0.815. The quantitative estimate of drug-likeness (QED) is 0.173. The van der Waals surface area contributed by atoms with Crippen LogP contribution in [0.2, 0.25) is 0 Å². The second-order valence-electron chi connectivity index (χ2n) is 8.63. The third-order valence-corrected chi connectivity index (χ3v) is 6.72. The van der Waals surface area contributed by atoms with Crippen molar-refractivity contribution in [2.45, 2.75) is 64.7 Å². The molecule has 0 heterocycles. The van der Waals surface area contributed by atoms with Crippen molar-refractivity contribution < 1.29 is 19.3 Å². The number of benzene rings is 1. The fourth-order valence-electron chi connectivity index (χ4n) is 3.23. The monoisotopic (exact) mass is 422 g/mol. The number of nitrogens with zero attached hydrogens (tertiary/aromatic N) is 1. The van der Waals surface area contributed by atoms with E-state index >= 15 is 0 Å². The summed E-state index contributed by atoms with van der Waals surface area (Å²) in [6, 6.07) is 6.52. The molecule has 0 radical (unpaired) electrons. The highest BCUT2D eigenvalue weighted by molar-refractivity contribution is 7.99. The lowest BCUT2D eigenvalue weighted by molar-refractivity contribution is -0.888. The maximum absolute atomic E-state index is 12.1. The summed E-state index contributed by atoms with van der Waals surface area (Å²) in [5, 5.41) is 18.2. The van der Waals surface area contributed by atoms with Crippen molar-refractivity contribution in [1.29, 1.82) is 0 Å². The van der Waals surface area contributed by atoms with Gasteiger partial charge < -0.3 is 14.5 Å². The van der Waals surface area contributed by atoms with Crippen LogP contribution in [0.3, 0.4) is 0 Å². The van der Waals surface area contributed by atoms with Gasteiger partial charge in [-0.1, -0.05) is 62.8 Å². The van der Waals surface area contributed by atoms with Gasteiger partial charge in [0.1, 0.15) is 0 Å². The average molecular weight is 422 g/mol. The molecular weight excluding hydrogens is 381 g/mol. The molecule has 0 saturated heterocycles. The van der Waals surface area contributed by atoms with Gasteiger partial charge in [0.05, 0.1) is 32.9 Å². The molecule has 6 heteroatoms. The summed E-state index contributed by atoms with van der Waals surface area (Å²) in [6.45, 7) is 4.78. The first-order chi connectivity index (χ1) is 13.9. The third kappa shape index (κ3) is 12.5. The zero-order valence-electron chi connectivity index (χ0n) is 18.7. The molecule has 0 aliphatic carbocycles. The molecule has 4 nitrogen and oxygen atoms in total. The van der Waals surface area contributed by atoms with Crippen LogP contribution >= 0.6 is 11.8 Å². The average Bonchev–Trinajstić information content (AvgIpc) is 2.71. The van der Waals surface area contributed by atoms with Crippen molar-refractivity contribution in [3.05, 3.63) is 29.8 Å². The Labute approximate surface area is 182 Å². The number of quaternary nitrogens is 1. The van der Waals surface area contributed by atoms with Crippen LogP contribution in [0, 0.1) is 0 Å². The Morgan fingerprint density at radius 2 is 1.41 bits per heavy atom. The van der Waals surface area contributed by atoms with Crippen LogP contribution in [0.25, 0.3) is 0 Å². The zero-order chi connectivity index (χ0) is 21.5. The van der Waals surface area contributed by atoms with Crippen molar-refractivity contribution >= 4 is 30.1 Å². The van der Waals surface area contributed by atoms with Crippen LogP contribution in [0.5, 0.6) is 0 Å². The van der Waals surface area contributed by atoms with Gasteiger partial charge in [0, 0.05) is 5.56 Å². The summed E-state index contributed by atoms with van der Waals surface area (Å²) in [4.78, 5) is 12.1. The van der Waals surface area contributed by atoms with Gasteiger partial charge in [-0.25, -0.2) is 0 Å². The van der Waals surface area contributed by atoms with Crippen molar-refractivity contribution in [2.24, 2.45) is 0 Å². The number of carbonyl (C=O) groups excluding carboxylic acids is 1. The molecule has 1 rings (SSSR count). The highest BCUT2D eigenvalue weighted by Crippen LogP contribution is 2.13. The van der Waals surface area contributed by atoms with Gasteiger partial charge in [-0.15, -0.1) is 0 Å². The van der Waals surface area contributed by atoms with Crippen LogP contribution in [0.4, 0.5) is 0 Å². The minimum absolute atomic E-state index is 0.107. The maximum Gasteiger partial charge on any atom is 0.488 e. The first-order valence-electron chi connectivity index (χ1n) is 11.2. The van der Waals surface area contributed by atoms with E-state index in [-0.39, 0.29) is 5.78 Å². The summed E-state index contributed by atoms with van der Waals surface area (Å²) in [7, 11) is 3.15. The fourth-order valence-corrected chi connectivity index (χ4v) is 4.13. The van der Waals surface area contributed by atoms with Crippen molar-refractivity contribution in [2.75, 3.05) is 38.7 Å². The molecule has 0 aliphatic heterocycles. The molecule has 2 N–H and O–H groups in total. The molecule has 164 valence electrons. The van der Waals surface area contributed by atoms with Crippen LogP contribution in [0.1, 0.15) is 75.1 Å². The molecule has 0 atom stereocenters. The summed E-state index contributed by atoms with van der Waals surface area (Å²) < 4.78 is 1.14. The van der Waals surface area contributed by atoms with Crippen LogP contribution in [0.15, 0.2) is 24.3 Å². The summed E-state index contributed by atoms with van der Waals surface area (Å²) in [5.74, 6) is 1.63. The lowest BCUT2D eigenvalue weighted by Gasteiger charge is -2.28. The van der Waals surface area contributed by atoms with E-state index in [9.17, 15) is 4.79 Å². The number of ketones is 1. The van der Waals surface area contributed by atoms with E-state index in [1.807, 2.05) is 0 Å². The Morgan fingerprint density at radius 3 is 1.93 bits per heavy atom. The number of rotatable bonds is 17. The van der Waals surface area contributed by atoms with Crippen molar-refractivity contribution in [1.82, 2.24) is 0 Å². The Morgan fingerprint density at radius 1 is 0.897 bits per heavy atom. The molecular formula is C23H41BNO3S+. The van der Waals surface area contributed by atoms with Gasteiger partial charge in [-0.3, -0.25) is 4.79 Å². The molecule has 0 bridgehead atoms. The minimum Gasteiger partial charge on any atom is -0.423 e. The van der Waals surface area contributed by atoms with Gasteiger partial charge in [-0.2, -0.15) is 11.8 Å². The van der Waals surface area contributed by atoms with Crippen molar-refractivity contribution in [3.63, 3.8) is 0 Å². The van der Waals surface area contributed by atoms with Crippen LogP contribution < -0.4 is 5.46 Å². The van der Waals surface area contributed by atoms with Gasteiger partial charge in [-0.05, 0) is 37.4 Å². The number of unbranched alkanes of at least 4 members (excludes halogenated alkanes) is 8. The van der Waals surface area contributed by atoms with Gasteiger partial charge in [0.15, 0.2) is 5.78 Å². The normalized spacial score (nSPS) is 11.6. The van der Waals surface area contributed by atoms with E-state index in [1.54, 1.807) is 36.0 Å². The Balaban J connectivity index is 1.92. The molecule has 0 spiro atoms. The predicted octanol–water partition coefficient (Wildman–Crippen LogP) is 3.89. The van der Waals surface area contributed by atoms with E-state index in [4.69, 9.17) is 10.0 Å². The summed E-state index contributed by atoms with van der Waals surface area (Å²) in [6.07, 6.45) is 11.9. The van der Waals surface area contributed by atoms with Crippen LogP contribution in [-0.4, -0.2) is 66.1 Å². The standard InChI is InChI=1S/C23H41BNO3S/c1-4-25(2,3)18-12-10-8-6-5-7-9-11-13-19-29-20-23(26)21-14-16-22(17-15-21)24(27)28/h14-17,27-28H,4-13,18-20H2,1-3H3/q+1. The first-order valence-corrected chi connectivity index (χ1v) is 12.4. The van der Waals surface area contributed by atoms with E-state index in [0.29, 0.717) is 16.8 Å². The van der Waals surface area contributed by atoms with Crippen LogP contribution in [-0.2, 0) is 0 Å². The molecule has 0 aliphatic rings. The second-order valence-corrected chi connectivity index (χ2v) is 9.73. The number of carbonyl (C=O) groups is 1. The number of thioether (sulfide) groups is 1. The fraction of sp³-hybridized carbons (Fsp3) is 0.696. The van der Waals surface area contributed by atoms with Gasteiger partial charge in [0.2, 0.25) is 0 Å². The van der Waals surface area contributed by atoms with E-state index in [0.717, 1.165) is 10.2 Å². The largest absolute Gasteiger partial charge is 0.488 e.